The Morgan fingerprint density at radius 3 is 2.42 bits per heavy atom. The van der Waals surface area contributed by atoms with Gasteiger partial charge in [0.25, 0.3) is 11.7 Å². The van der Waals surface area contributed by atoms with Crippen LogP contribution in [0, 0.1) is 5.82 Å². The second-order valence-electron chi connectivity index (χ2n) is 6.14. The van der Waals surface area contributed by atoms with Crippen LogP contribution in [0.15, 0.2) is 35.6 Å². The monoisotopic (exact) mass is 363 g/mol. The number of benzene rings is 1. The maximum Gasteiger partial charge on any atom is 0.269 e. The molecule has 0 aromatic heterocycles. The van der Waals surface area contributed by atoms with Gasteiger partial charge in [-0.2, -0.15) is 0 Å². The molecule has 7 heteroatoms. The molecule has 0 aliphatic carbocycles. The van der Waals surface area contributed by atoms with E-state index in [1.54, 1.807) is 30.9 Å². The topological polar surface area (TPSA) is 65.1 Å². The summed E-state index contributed by atoms with van der Waals surface area (Å²) in [5.41, 5.74) is 0.778. The fraction of sp³-hybridized carbons (Fsp3) is 0.474. The third kappa shape index (κ3) is 3.37. The zero-order chi connectivity index (χ0) is 18.7. The average Bonchev–Trinajstić information content (AvgIpc) is 2.63. The number of rotatable bonds is 6. The fourth-order valence-electron chi connectivity index (χ4n) is 3.23. The number of nitrogens with zero attached hydrogens (tertiary/aromatic N) is 1. The summed E-state index contributed by atoms with van der Waals surface area (Å²) in [7, 11) is 0. The third-order valence-electron chi connectivity index (χ3n) is 4.44. The maximum atomic E-state index is 13.1. The van der Waals surface area contributed by atoms with Crippen molar-refractivity contribution in [3.63, 3.8) is 0 Å². The van der Waals surface area contributed by atoms with Gasteiger partial charge in [0, 0.05) is 32.7 Å². The lowest BCUT2D eigenvalue weighted by Crippen LogP contribution is -2.55. The van der Waals surface area contributed by atoms with E-state index in [1.807, 2.05) is 0 Å². The maximum absolute atomic E-state index is 13.1. The van der Waals surface area contributed by atoms with Crippen molar-refractivity contribution in [2.24, 2.45) is 0 Å². The van der Waals surface area contributed by atoms with E-state index in [0.29, 0.717) is 25.3 Å². The van der Waals surface area contributed by atoms with Gasteiger partial charge >= 0.3 is 0 Å². The predicted octanol–water partition coefficient (Wildman–Crippen LogP) is 2.18. The van der Waals surface area contributed by atoms with Gasteiger partial charge in [0.2, 0.25) is 5.78 Å². The lowest BCUT2D eigenvalue weighted by Gasteiger charge is -2.39. The summed E-state index contributed by atoms with van der Waals surface area (Å²) in [6, 6.07) is 5.93. The minimum absolute atomic E-state index is 0.00786. The quantitative estimate of drug-likeness (QED) is 0.573. The first kappa shape index (κ1) is 18.5. The van der Waals surface area contributed by atoms with Crippen LogP contribution in [0.4, 0.5) is 4.39 Å². The van der Waals surface area contributed by atoms with Gasteiger partial charge in [-0.25, -0.2) is 4.39 Å². The summed E-state index contributed by atoms with van der Waals surface area (Å²) in [4.78, 5) is 27.5. The van der Waals surface area contributed by atoms with Crippen LogP contribution in [0.2, 0.25) is 0 Å². The van der Waals surface area contributed by atoms with Crippen molar-refractivity contribution in [3.8, 4) is 0 Å². The van der Waals surface area contributed by atoms with Crippen LogP contribution >= 0.6 is 0 Å². The summed E-state index contributed by atoms with van der Waals surface area (Å²) in [6.45, 7) is 4.68. The van der Waals surface area contributed by atoms with E-state index in [0.717, 1.165) is 5.56 Å². The van der Waals surface area contributed by atoms with E-state index in [4.69, 9.17) is 14.2 Å². The molecule has 3 rings (SSSR count). The van der Waals surface area contributed by atoms with Crippen molar-refractivity contribution >= 4 is 11.7 Å². The Kier molecular flexibility index (Phi) is 5.38. The van der Waals surface area contributed by atoms with E-state index in [-0.39, 0.29) is 31.2 Å². The van der Waals surface area contributed by atoms with Crippen LogP contribution in [0.3, 0.4) is 0 Å². The van der Waals surface area contributed by atoms with Crippen molar-refractivity contribution in [1.82, 2.24) is 4.90 Å². The number of carbonyl (C=O) groups is 2. The van der Waals surface area contributed by atoms with Gasteiger partial charge in [-0.15, -0.1) is 0 Å². The number of Topliss-reactive ketones (excluding diaryl/α,β-unsaturated/α-hetero) is 1. The molecule has 0 saturated carbocycles. The van der Waals surface area contributed by atoms with Crippen molar-refractivity contribution in [2.75, 3.05) is 26.4 Å². The molecule has 0 atom stereocenters. The third-order valence-corrected chi connectivity index (χ3v) is 4.44. The van der Waals surface area contributed by atoms with E-state index in [2.05, 4.69) is 0 Å². The molecule has 0 bridgehead atoms. The standard InChI is InChI=1S/C19H22FNO5/c1-3-25-19(26-4-2)12-24-15-9-10-21(18(23)16(15)17(19)22)11-13-5-7-14(20)8-6-13/h5-8H,3-4,9-12H2,1-2H3. The highest BCUT2D eigenvalue weighted by atomic mass is 19.1. The molecule has 1 amide bonds. The van der Waals surface area contributed by atoms with E-state index in [1.165, 1.54) is 12.1 Å². The highest BCUT2D eigenvalue weighted by molar-refractivity contribution is 6.23. The van der Waals surface area contributed by atoms with Crippen LogP contribution in [-0.4, -0.2) is 48.7 Å². The average molecular weight is 363 g/mol. The Morgan fingerprint density at radius 1 is 1.15 bits per heavy atom. The summed E-state index contributed by atoms with van der Waals surface area (Å²) in [5.74, 6) is -2.42. The number of hydrogen-bond acceptors (Lipinski definition) is 5. The SMILES string of the molecule is CCOC1(OCC)COC2=C(C(=O)N(Cc3ccc(F)cc3)CC2)C1=O. The molecule has 0 N–H and O–H groups in total. The van der Waals surface area contributed by atoms with Gasteiger partial charge in [-0.05, 0) is 31.5 Å². The Bertz CT molecular complexity index is 722. The fourth-order valence-corrected chi connectivity index (χ4v) is 3.23. The Hall–Kier alpha value is -2.25. The van der Waals surface area contributed by atoms with Gasteiger partial charge < -0.3 is 19.1 Å². The molecule has 0 unspecified atom stereocenters. The highest BCUT2D eigenvalue weighted by Crippen LogP contribution is 2.33. The van der Waals surface area contributed by atoms with Gasteiger partial charge in [0.15, 0.2) is 0 Å². The second-order valence-corrected chi connectivity index (χ2v) is 6.14. The van der Waals surface area contributed by atoms with Gasteiger partial charge in [0.1, 0.15) is 23.8 Å². The largest absolute Gasteiger partial charge is 0.491 e. The van der Waals surface area contributed by atoms with E-state index < -0.39 is 17.5 Å². The number of hydrogen-bond donors (Lipinski definition) is 0. The molecule has 26 heavy (non-hydrogen) atoms. The summed E-state index contributed by atoms with van der Waals surface area (Å²) in [6.07, 6.45) is 0.447. The van der Waals surface area contributed by atoms with Crippen molar-refractivity contribution in [1.29, 1.82) is 0 Å². The van der Waals surface area contributed by atoms with Crippen LogP contribution in [0.5, 0.6) is 0 Å². The minimum atomic E-state index is -1.57. The van der Waals surface area contributed by atoms with E-state index >= 15 is 0 Å². The molecule has 1 aromatic rings. The molecule has 0 radical (unpaired) electrons. The Labute approximate surface area is 151 Å². The number of amides is 1. The number of carbonyl (C=O) groups excluding carboxylic acids is 2. The van der Waals surface area contributed by atoms with Crippen LogP contribution in [-0.2, 0) is 30.3 Å². The molecule has 6 nitrogen and oxygen atoms in total. The zero-order valence-electron chi connectivity index (χ0n) is 14.9. The van der Waals surface area contributed by atoms with Crippen LogP contribution < -0.4 is 0 Å². The molecule has 2 aliphatic rings. The number of ether oxygens (including phenoxy) is 3. The highest BCUT2D eigenvalue weighted by Gasteiger charge is 2.51. The normalized spacial score (nSPS) is 19.4. The first-order valence-electron chi connectivity index (χ1n) is 8.73. The molecule has 0 fully saturated rings. The molecular formula is C19H22FNO5. The lowest BCUT2D eigenvalue weighted by atomic mass is 9.94. The Balaban J connectivity index is 1.84. The molecule has 1 aromatic carbocycles. The lowest BCUT2D eigenvalue weighted by molar-refractivity contribution is -0.244. The van der Waals surface area contributed by atoms with E-state index in [9.17, 15) is 14.0 Å². The molecular weight excluding hydrogens is 341 g/mol. The zero-order valence-corrected chi connectivity index (χ0v) is 14.9. The number of ketones is 1. The second kappa shape index (κ2) is 7.55. The first-order valence-corrected chi connectivity index (χ1v) is 8.73. The smallest absolute Gasteiger partial charge is 0.269 e. The number of halogens is 1. The minimum Gasteiger partial charge on any atom is -0.491 e. The molecule has 140 valence electrons. The summed E-state index contributed by atoms with van der Waals surface area (Å²) >= 11 is 0. The van der Waals surface area contributed by atoms with Crippen molar-refractivity contribution in [2.45, 2.75) is 32.6 Å². The molecule has 0 spiro atoms. The van der Waals surface area contributed by atoms with Crippen molar-refractivity contribution in [3.05, 3.63) is 47.0 Å². The van der Waals surface area contributed by atoms with Crippen molar-refractivity contribution < 1.29 is 28.2 Å². The van der Waals surface area contributed by atoms with Crippen LogP contribution in [0.25, 0.3) is 0 Å². The molecule has 2 aliphatic heterocycles. The first-order chi connectivity index (χ1) is 12.5. The summed E-state index contributed by atoms with van der Waals surface area (Å²) < 4.78 is 29.8. The van der Waals surface area contributed by atoms with Gasteiger partial charge in [0.05, 0.1) is 0 Å². The predicted molar refractivity (Wildman–Crippen MR) is 90.4 cm³/mol. The van der Waals surface area contributed by atoms with Gasteiger partial charge in [-0.3, -0.25) is 9.59 Å². The van der Waals surface area contributed by atoms with Crippen LogP contribution in [0.1, 0.15) is 25.8 Å². The van der Waals surface area contributed by atoms with Gasteiger partial charge in [-0.1, -0.05) is 12.1 Å². The summed E-state index contributed by atoms with van der Waals surface area (Å²) in [5, 5.41) is 0. The Morgan fingerprint density at radius 2 is 1.81 bits per heavy atom. The molecule has 2 heterocycles. The molecule has 0 saturated heterocycles.